The van der Waals surface area contributed by atoms with Gasteiger partial charge in [-0.05, 0) is 151 Å². The zero-order valence-corrected chi connectivity index (χ0v) is 42.6. The Hall–Kier alpha value is -6.38. The van der Waals surface area contributed by atoms with Crippen LogP contribution in [-0.4, -0.2) is 145 Å². The van der Waals surface area contributed by atoms with Crippen LogP contribution in [0, 0.1) is 11.8 Å². The van der Waals surface area contributed by atoms with Crippen LogP contribution in [-0.2, 0) is 32.0 Å². The molecule has 8 rings (SSSR count). The Kier molecular flexibility index (Phi) is 17.6. The molecular weight excluding hydrogens is 905 g/mol. The molecule has 382 valence electrons. The highest BCUT2D eigenvalue weighted by Crippen LogP contribution is 2.36. The molecule has 4 aromatic rings. The number of likely N-dealkylation sites (N-methyl/N-ethyl adjacent to an activating group) is 2. The van der Waals surface area contributed by atoms with E-state index in [9.17, 15) is 28.8 Å². The lowest BCUT2D eigenvalue weighted by molar-refractivity contribution is -0.138. The van der Waals surface area contributed by atoms with E-state index in [4.69, 9.17) is 0 Å². The fraction of sp³-hybridized carbons (Fsp3) is 0.483. The number of amides is 6. The van der Waals surface area contributed by atoms with Crippen molar-refractivity contribution >= 4 is 35.4 Å². The number of likely N-dealkylation sites (tertiary alicyclic amines) is 2. The quantitative estimate of drug-likeness (QED) is 0.0735. The highest BCUT2D eigenvalue weighted by molar-refractivity contribution is 5.96. The molecule has 4 fully saturated rings. The number of nitrogens with one attached hydrogen (secondary N) is 4. The highest BCUT2D eigenvalue weighted by Gasteiger charge is 2.44. The summed E-state index contributed by atoms with van der Waals surface area (Å²) in [4.78, 5) is 90.8. The third-order valence-electron chi connectivity index (χ3n) is 15.3. The van der Waals surface area contributed by atoms with Gasteiger partial charge in [0, 0.05) is 62.5 Å². The van der Waals surface area contributed by atoms with E-state index in [1.807, 2.05) is 105 Å². The molecule has 6 atom stereocenters. The third-order valence-corrected chi connectivity index (χ3v) is 15.3. The summed E-state index contributed by atoms with van der Waals surface area (Å²) in [6.45, 7) is 6.49. The van der Waals surface area contributed by atoms with Gasteiger partial charge in [0.2, 0.25) is 23.6 Å². The van der Waals surface area contributed by atoms with Crippen molar-refractivity contribution in [1.82, 2.24) is 40.9 Å². The topological polar surface area (TPSA) is 163 Å². The number of carbonyl (C=O) groups is 6. The summed E-state index contributed by atoms with van der Waals surface area (Å²) in [7, 11) is 3.46. The molecular formula is C58H74N8O6. The second-order valence-electron chi connectivity index (χ2n) is 20.5. The van der Waals surface area contributed by atoms with Crippen LogP contribution in [0.5, 0.6) is 0 Å². The number of carbonyl (C=O) groups excluding carboxylic acids is 6. The van der Waals surface area contributed by atoms with E-state index in [0.717, 1.165) is 73.6 Å². The Morgan fingerprint density at radius 3 is 1.21 bits per heavy atom. The SMILES string of the molecule is CN[C@@H](C)C(=O)N[C@H](C(=O)N1CCC[C@@H]1CN(CCc1ccccc1)C(=O)c1ccc(-c2ccc(C(=O)N(CCc3ccccc3)C[C@@H]3CCCN3C(=O)[C@@H](NC(=O)[C@H](C)NC)C3CC3)cc2)cc1)C1CC1. The fourth-order valence-corrected chi connectivity index (χ4v) is 10.3. The van der Waals surface area contributed by atoms with Crippen LogP contribution >= 0.6 is 0 Å². The molecule has 4 N–H and O–H groups in total. The average molecular weight is 979 g/mol. The van der Waals surface area contributed by atoms with Crippen LogP contribution in [0.1, 0.15) is 97.1 Å². The molecule has 0 radical (unpaired) electrons. The normalized spacial score (nSPS) is 19.2. The van der Waals surface area contributed by atoms with Gasteiger partial charge in [-0.1, -0.05) is 84.9 Å². The molecule has 4 aromatic carbocycles. The molecule has 0 spiro atoms. The van der Waals surface area contributed by atoms with Crippen molar-refractivity contribution in [3.05, 3.63) is 131 Å². The van der Waals surface area contributed by atoms with Crippen LogP contribution in [0.25, 0.3) is 11.1 Å². The number of hydrogen-bond donors (Lipinski definition) is 4. The van der Waals surface area contributed by atoms with Gasteiger partial charge < -0.3 is 40.9 Å². The monoisotopic (exact) mass is 979 g/mol. The molecule has 0 bridgehead atoms. The molecule has 14 heteroatoms. The summed E-state index contributed by atoms with van der Waals surface area (Å²) in [5, 5.41) is 12.0. The maximum atomic E-state index is 14.5. The maximum Gasteiger partial charge on any atom is 0.253 e. The summed E-state index contributed by atoms with van der Waals surface area (Å²) < 4.78 is 0. The number of hydrogen-bond acceptors (Lipinski definition) is 8. The highest BCUT2D eigenvalue weighted by atomic mass is 16.2. The Balaban J connectivity index is 0.954. The minimum atomic E-state index is -0.569. The van der Waals surface area contributed by atoms with Crippen molar-refractivity contribution in [3.63, 3.8) is 0 Å². The number of rotatable bonds is 23. The largest absolute Gasteiger partial charge is 0.343 e. The summed E-state index contributed by atoms with van der Waals surface area (Å²) in [6, 6.07) is 33.1. The molecule has 2 heterocycles. The Morgan fingerprint density at radius 2 is 0.875 bits per heavy atom. The first-order valence-corrected chi connectivity index (χ1v) is 26.4. The first-order chi connectivity index (χ1) is 34.9. The Morgan fingerprint density at radius 1 is 0.514 bits per heavy atom. The minimum Gasteiger partial charge on any atom is -0.343 e. The second-order valence-corrected chi connectivity index (χ2v) is 20.5. The molecule has 0 unspecified atom stereocenters. The van der Waals surface area contributed by atoms with Crippen molar-refractivity contribution in [2.75, 3.05) is 53.4 Å². The molecule has 72 heavy (non-hydrogen) atoms. The summed E-state index contributed by atoms with van der Waals surface area (Å²) in [5.41, 5.74) is 5.14. The summed E-state index contributed by atoms with van der Waals surface area (Å²) in [5.74, 6) is -0.454. The van der Waals surface area contributed by atoms with Gasteiger partial charge in [0.25, 0.3) is 11.8 Å². The first kappa shape index (κ1) is 52.0. The van der Waals surface area contributed by atoms with Crippen molar-refractivity contribution in [2.24, 2.45) is 11.8 Å². The van der Waals surface area contributed by atoms with E-state index in [1.54, 1.807) is 27.9 Å². The predicted molar refractivity (Wildman–Crippen MR) is 280 cm³/mol. The van der Waals surface area contributed by atoms with E-state index >= 15 is 0 Å². The van der Waals surface area contributed by atoms with E-state index in [2.05, 4.69) is 45.5 Å². The van der Waals surface area contributed by atoms with Gasteiger partial charge in [0.05, 0.1) is 12.1 Å². The molecule has 2 saturated heterocycles. The average Bonchev–Trinajstić information content (AvgIpc) is 4.36. The van der Waals surface area contributed by atoms with E-state index in [0.29, 0.717) is 63.2 Å². The zero-order valence-electron chi connectivity index (χ0n) is 42.6. The molecule has 2 saturated carbocycles. The summed E-state index contributed by atoms with van der Waals surface area (Å²) in [6.07, 6.45) is 8.17. The molecule has 4 aliphatic rings. The molecule has 2 aliphatic heterocycles. The molecule has 6 amide bonds. The van der Waals surface area contributed by atoms with Crippen molar-refractivity contribution in [3.8, 4) is 11.1 Å². The van der Waals surface area contributed by atoms with E-state index in [1.165, 1.54) is 0 Å². The Labute approximate surface area is 425 Å². The van der Waals surface area contributed by atoms with E-state index in [-0.39, 0.29) is 59.4 Å². The lowest BCUT2D eigenvalue weighted by Crippen LogP contribution is -2.55. The van der Waals surface area contributed by atoms with Crippen molar-refractivity contribution in [1.29, 1.82) is 0 Å². The second kappa shape index (κ2) is 24.4. The van der Waals surface area contributed by atoms with Gasteiger partial charge in [0.1, 0.15) is 12.1 Å². The van der Waals surface area contributed by atoms with Crippen LogP contribution in [0.4, 0.5) is 0 Å². The number of nitrogens with zero attached hydrogens (tertiary/aromatic N) is 4. The Bertz CT molecular complexity index is 2310. The van der Waals surface area contributed by atoms with Crippen LogP contribution in [0.3, 0.4) is 0 Å². The van der Waals surface area contributed by atoms with Gasteiger partial charge in [-0.25, -0.2) is 0 Å². The maximum absolute atomic E-state index is 14.5. The van der Waals surface area contributed by atoms with Gasteiger partial charge in [-0.15, -0.1) is 0 Å². The lowest BCUT2D eigenvalue weighted by Gasteiger charge is -2.33. The van der Waals surface area contributed by atoms with Gasteiger partial charge >= 0.3 is 0 Å². The smallest absolute Gasteiger partial charge is 0.253 e. The van der Waals surface area contributed by atoms with Crippen LogP contribution in [0.15, 0.2) is 109 Å². The van der Waals surface area contributed by atoms with Crippen molar-refractivity contribution < 1.29 is 28.8 Å². The summed E-state index contributed by atoms with van der Waals surface area (Å²) >= 11 is 0. The first-order valence-electron chi connectivity index (χ1n) is 26.4. The van der Waals surface area contributed by atoms with Crippen LogP contribution < -0.4 is 21.3 Å². The van der Waals surface area contributed by atoms with E-state index < -0.39 is 24.2 Å². The standard InChI is InChI=1S/C58H74N8O6/c1-39(59-3)53(67)61-51(45-23-24-45)57(71)65-33-11-17-49(65)37-63(35-31-41-13-7-5-8-14-41)55(69)47-27-19-43(20-28-47)44-21-29-48(30-22-44)56(70)64(36-32-42-15-9-6-10-16-42)38-50-18-12-34-66(50)58(72)52(46-25-26-46)62-54(68)40(2)60-4/h5-10,13-16,19-22,27-30,39-40,45-46,49-52,59-60H,11-12,17-18,23-26,31-38H2,1-4H3,(H,61,67)(H,62,68)/t39-,40-,49-,50+,51-,52-/m0/s1. The lowest BCUT2D eigenvalue weighted by atomic mass is 10.0. The molecule has 0 aromatic heterocycles. The third kappa shape index (κ3) is 13.2. The zero-order chi connectivity index (χ0) is 50.7. The van der Waals surface area contributed by atoms with Crippen LogP contribution in [0.2, 0.25) is 0 Å². The number of benzene rings is 4. The molecule has 2 aliphatic carbocycles. The van der Waals surface area contributed by atoms with Gasteiger partial charge in [-0.3, -0.25) is 28.8 Å². The van der Waals surface area contributed by atoms with Gasteiger partial charge in [0.15, 0.2) is 0 Å². The molecule has 14 nitrogen and oxygen atoms in total. The minimum absolute atomic E-state index is 0.0585. The van der Waals surface area contributed by atoms with Gasteiger partial charge in [-0.2, -0.15) is 0 Å². The van der Waals surface area contributed by atoms with Crippen molar-refractivity contribution in [2.45, 2.75) is 114 Å². The fourth-order valence-electron chi connectivity index (χ4n) is 10.3. The predicted octanol–water partition coefficient (Wildman–Crippen LogP) is 5.71.